The number of hydrogen-bond acceptors (Lipinski definition) is 3. The van der Waals surface area contributed by atoms with Crippen molar-refractivity contribution in [3.05, 3.63) is 29.8 Å². The van der Waals surface area contributed by atoms with Crippen molar-refractivity contribution in [2.75, 3.05) is 24.6 Å². The van der Waals surface area contributed by atoms with E-state index in [4.69, 9.17) is 5.11 Å². The molecule has 4 heteroatoms. The smallest absolute Gasteiger partial charge is 0.335 e. The Labute approximate surface area is 101 Å². The van der Waals surface area contributed by atoms with Crippen LogP contribution in [0.1, 0.15) is 30.1 Å². The summed E-state index contributed by atoms with van der Waals surface area (Å²) < 4.78 is 0. The number of carboxylic acid groups (broad SMARTS) is 1. The number of nitrogens with zero attached hydrogens (tertiary/aromatic N) is 2. The van der Waals surface area contributed by atoms with Gasteiger partial charge in [0.1, 0.15) is 0 Å². The summed E-state index contributed by atoms with van der Waals surface area (Å²) in [4.78, 5) is 10.8. The maximum absolute atomic E-state index is 10.8. The van der Waals surface area contributed by atoms with Crippen LogP contribution in [0.3, 0.4) is 0 Å². The van der Waals surface area contributed by atoms with Crippen LogP contribution in [0.15, 0.2) is 24.3 Å². The third-order valence-electron chi connectivity index (χ3n) is 3.14. The molecule has 0 bridgehead atoms. The van der Waals surface area contributed by atoms with Crippen LogP contribution in [-0.2, 0) is 0 Å². The lowest BCUT2D eigenvalue weighted by Crippen LogP contribution is -2.40. The first-order valence-corrected chi connectivity index (χ1v) is 6.08. The Bertz CT molecular complexity index is 383. The number of hydrazine groups is 1. The predicted molar refractivity (Wildman–Crippen MR) is 67.2 cm³/mol. The van der Waals surface area contributed by atoms with Crippen molar-refractivity contribution in [2.24, 2.45) is 0 Å². The van der Waals surface area contributed by atoms with Crippen molar-refractivity contribution in [2.45, 2.75) is 19.8 Å². The maximum Gasteiger partial charge on any atom is 0.335 e. The molecule has 0 saturated carbocycles. The fraction of sp³-hybridized carbons (Fsp3) is 0.462. The largest absolute Gasteiger partial charge is 0.478 e. The van der Waals surface area contributed by atoms with E-state index in [0.717, 1.165) is 25.3 Å². The first kappa shape index (κ1) is 11.9. The zero-order valence-corrected chi connectivity index (χ0v) is 10.1. The minimum atomic E-state index is -0.874. The highest BCUT2D eigenvalue weighted by Crippen LogP contribution is 2.20. The molecule has 0 aromatic heterocycles. The summed E-state index contributed by atoms with van der Waals surface area (Å²) in [5.41, 5.74) is 1.41. The van der Waals surface area contributed by atoms with Gasteiger partial charge in [0, 0.05) is 19.6 Å². The molecule has 0 unspecified atom stereocenters. The lowest BCUT2D eigenvalue weighted by molar-refractivity contribution is 0.0697. The molecule has 1 aliphatic rings. The van der Waals surface area contributed by atoms with E-state index in [1.54, 1.807) is 12.1 Å². The van der Waals surface area contributed by atoms with E-state index in [0.29, 0.717) is 5.56 Å². The van der Waals surface area contributed by atoms with Gasteiger partial charge in [-0.25, -0.2) is 9.80 Å². The molecule has 0 atom stereocenters. The van der Waals surface area contributed by atoms with Crippen LogP contribution < -0.4 is 5.01 Å². The van der Waals surface area contributed by atoms with Gasteiger partial charge in [-0.1, -0.05) is 0 Å². The van der Waals surface area contributed by atoms with Gasteiger partial charge in [-0.3, -0.25) is 0 Å². The summed E-state index contributed by atoms with van der Waals surface area (Å²) in [6.45, 7) is 5.21. The molecule has 1 fully saturated rings. The Balaban J connectivity index is 2.16. The molecule has 0 amide bonds. The first-order valence-electron chi connectivity index (χ1n) is 6.08. The standard InChI is InChI=1S/C13H18N2O2/c1-2-15(14-9-3-4-10-14)12-7-5-11(6-8-12)13(16)17/h5-8H,2-4,9-10H2,1H3,(H,16,17). The Hall–Kier alpha value is -1.55. The SMILES string of the molecule is CCN(c1ccc(C(=O)O)cc1)N1CCCC1. The highest BCUT2D eigenvalue weighted by atomic mass is 16.4. The second-order valence-corrected chi connectivity index (χ2v) is 4.23. The summed E-state index contributed by atoms with van der Waals surface area (Å²) in [5.74, 6) is -0.874. The molecule has 1 aromatic carbocycles. The van der Waals surface area contributed by atoms with Crippen LogP contribution in [0, 0.1) is 0 Å². The van der Waals surface area contributed by atoms with Gasteiger partial charge in [-0.2, -0.15) is 0 Å². The number of hydrogen-bond donors (Lipinski definition) is 1. The van der Waals surface area contributed by atoms with E-state index >= 15 is 0 Å². The molecule has 1 N–H and O–H groups in total. The zero-order chi connectivity index (χ0) is 12.3. The Morgan fingerprint density at radius 3 is 2.35 bits per heavy atom. The normalized spacial score (nSPS) is 16.1. The van der Waals surface area contributed by atoms with Gasteiger partial charge >= 0.3 is 5.97 Å². The molecule has 1 saturated heterocycles. The molecule has 2 rings (SSSR count). The number of carboxylic acids is 1. The zero-order valence-electron chi connectivity index (χ0n) is 10.1. The molecule has 0 spiro atoms. The fourth-order valence-corrected chi connectivity index (χ4v) is 2.26. The summed E-state index contributed by atoms with van der Waals surface area (Å²) in [6.07, 6.45) is 2.48. The molecule has 1 aliphatic heterocycles. The van der Waals surface area contributed by atoms with Crippen LogP contribution >= 0.6 is 0 Å². The maximum atomic E-state index is 10.8. The number of carbonyl (C=O) groups is 1. The van der Waals surface area contributed by atoms with Crippen LogP contribution in [0.5, 0.6) is 0 Å². The predicted octanol–water partition coefficient (Wildman–Crippen LogP) is 2.22. The van der Waals surface area contributed by atoms with Gasteiger partial charge in [0.2, 0.25) is 0 Å². The van der Waals surface area contributed by atoms with E-state index in [2.05, 4.69) is 16.9 Å². The van der Waals surface area contributed by atoms with Crippen molar-refractivity contribution in [3.63, 3.8) is 0 Å². The van der Waals surface area contributed by atoms with Crippen LogP contribution in [0.4, 0.5) is 5.69 Å². The average molecular weight is 234 g/mol. The summed E-state index contributed by atoms with van der Waals surface area (Å²) in [7, 11) is 0. The van der Waals surface area contributed by atoms with Crippen LogP contribution in [0.25, 0.3) is 0 Å². The van der Waals surface area contributed by atoms with E-state index in [-0.39, 0.29) is 0 Å². The lowest BCUT2D eigenvalue weighted by atomic mass is 10.2. The van der Waals surface area contributed by atoms with Crippen molar-refractivity contribution in [1.82, 2.24) is 5.01 Å². The molecule has 0 radical (unpaired) electrons. The fourth-order valence-electron chi connectivity index (χ4n) is 2.26. The van der Waals surface area contributed by atoms with Crippen molar-refractivity contribution in [1.29, 1.82) is 0 Å². The topological polar surface area (TPSA) is 43.8 Å². The van der Waals surface area contributed by atoms with E-state index in [9.17, 15) is 4.79 Å². The van der Waals surface area contributed by atoms with Crippen LogP contribution in [-0.4, -0.2) is 35.7 Å². The summed E-state index contributed by atoms with van der Waals surface area (Å²) >= 11 is 0. The van der Waals surface area contributed by atoms with Gasteiger partial charge < -0.3 is 10.1 Å². The lowest BCUT2D eigenvalue weighted by Gasteiger charge is -2.32. The second-order valence-electron chi connectivity index (χ2n) is 4.23. The highest BCUT2D eigenvalue weighted by molar-refractivity contribution is 5.88. The monoisotopic (exact) mass is 234 g/mol. The second kappa shape index (κ2) is 5.19. The molecular weight excluding hydrogens is 216 g/mol. The number of anilines is 1. The number of benzene rings is 1. The van der Waals surface area contributed by atoms with E-state index in [1.807, 2.05) is 12.1 Å². The number of aromatic carboxylic acids is 1. The van der Waals surface area contributed by atoms with Crippen molar-refractivity contribution < 1.29 is 9.90 Å². The van der Waals surface area contributed by atoms with Crippen molar-refractivity contribution in [3.8, 4) is 0 Å². The van der Waals surface area contributed by atoms with Gasteiger partial charge in [-0.15, -0.1) is 0 Å². The molecule has 1 heterocycles. The Morgan fingerprint density at radius 2 is 1.88 bits per heavy atom. The van der Waals surface area contributed by atoms with Gasteiger partial charge in [0.25, 0.3) is 0 Å². The molecule has 0 aliphatic carbocycles. The number of rotatable bonds is 4. The van der Waals surface area contributed by atoms with E-state index < -0.39 is 5.97 Å². The average Bonchev–Trinajstić information content (AvgIpc) is 2.84. The first-order chi connectivity index (χ1) is 8.22. The molecular formula is C13H18N2O2. The molecule has 92 valence electrons. The van der Waals surface area contributed by atoms with Gasteiger partial charge in [0.05, 0.1) is 11.3 Å². The van der Waals surface area contributed by atoms with Crippen LogP contribution in [0.2, 0.25) is 0 Å². The van der Waals surface area contributed by atoms with Gasteiger partial charge in [-0.05, 0) is 44.0 Å². The Morgan fingerprint density at radius 1 is 1.29 bits per heavy atom. The summed E-state index contributed by atoms with van der Waals surface area (Å²) in [6, 6.07) is 7.09. The molecule has 4 nitrogen and oxygen atoms in total. The molecule has 1 aromatic rings. The minimum Gasteiger partial charge on any atom is -0.478 e. The third kappa shape index (κ3) is 2.58. The van der Waals surface area contributed by atoms with Crippen molar-refractivity contribution >= 4 is 11.7 Å². The third-order valence-corrected chi connectivity index (χ3v) is 3.14. The Kier molecular flexibility index (Phi) is 3.64. The van der Waals surface area contributed by atoms with E-state index in [1.165, 1.54) is 12.8 Å². The molecule has 17 heavy (non-hydrogen) atoms. The minimum absolute atomic E-state index is 0.339. The highest BCUT2D eigenvalue weighted by Gasteiger charge is 2.18. The quantitative estimate of drug-likeness (QED) is 0.867. The van der Waals surface area contributed by atoms with Gasteiger partial charge in [0.15, 0.2) is 0 Å². The summed E-state index contributed by atoms with van der Waals surface area (Å²) in [5, 5.41) is 13.4.